The predicted molar refractivity (Wildman–Crippen MR) is 82.4 cm³/mol. The molecule has 0 spiro atoms. The van der Waals surface area contributed by atoms with Gasteiger partial charge in [-0.25, -0.2) is 0 Å². The van der Waals surface area contributed by atoms with Gasteiger partial charge in [0.05, 0.1) is 17.9 Å². The SMILES string of the molecule is CCOc1c(N)cccc1C(=O)N1CCCC1CCCO. The van der Waals surface area contributed by atoms with Crippen LogP contribution in [-0.4, -0.2) is 41.7 Å². The Bertz CT molecular complexity index is 490. The summed E-state index contributed by atoms with van der Waals surface area (Å²) in [6.07, 6.45) is 3.57. The summed E-state index contributed by atoms with van der Waals surface area (Å²) in [6, 6.07) is 5.50. The van der Waals surface area contributed by atoms with E-state index in [2.05, 4.69) is 0 Å². The van der Waals surface area contributed by atoms with Gasteiger partial charge < -0.3 is 20.5 Å². The lowest BCUT2D eigenvalue weighted by Crippen LogP contribution is -2.36. The van der Waals surface area contributed by atoms with Gasteiger partial charge in [0.2, 0.25) is 0 Å². The molecule has 0 aliphatic carbocycles. The number of nitrogen functional groups attached to an aromatic ring is 1. The first-order valence-corrected chi connectivity index (χ1v) is 7.62. The summed E-state index contributed by atoms with van der Waals surface area (Å²) >= 11 is 0. The number of anilines is 1. The smallest absolute Gasteiger partial charge is 0.257 e. The molecule has 5 nitrogen and oxygen atoms in total. The number of aliphatic hydroxyl groups excluding tert-OH is 1. The van der Waals surface area contributed by atoms with Gasteiger partial charge in [0.25, 0.3) is 5.91 Å². The van der Waals surface area contributed by atoms with Crippen LogP contribution in [0.25, 0.3) is 0 Å². The van der Waals surface area contributed by atoms with Crippen LogP contribution < -0.4 is 10.5 Å². The fraction of sp³-hybridized carbons (Fsp3) is 0.562. The lowest BCUT2D eigenvalue weighted by molar-refractivity contribution is 0.0720. The molecule has 0 saturated carbocycles. The molecule has 2 rings (SSSR count). The Kier molecular flexibility index (Phi) is 5.44. The third kappa shape index (κ3) is 3.47. The Morgan fingerprint density at radius 2 is 2.33 bits per heavy atom. The van der Waals surface area contributed by atoms with E-state index in [1.54, 1.807) is 18.2 Å². The summed E-state index contributed by atoms with van der Waals surface area (Å²) < 4.78 is 5.55. The first-order chi connectivity index (χ1) is 10.2. The molecule has 0 bridgehead atoms. The van der Waals surface area contributed by atoms with Crippen LogP contribution in [0.15, 0.2) is 18.2 Å². The van der Waals surface area contributed by atoms with Crippen molar-refractivity contribution in [3.63, 3.8) is 0 Å². The number of nitrogens with two attached hydrogens (primary N) is 1. The Balaban J connectivity index is 2.21. The average Bonchev–Trinajstić information content (AvgIpc) is 2.95. The minimum Gasteiger partial charge on any atom is -0.491 e. The molecule has 116 valence electrons. The summed E-state index contributed by atoms with van der Waals surface area (Å²) in [5, 5.41) is 8.98. The van der Waals surface area contributed by atoms with E-state index in [0.29, 0.717) is 23.6 Å². The molecule has 0 radical (unpaired) electrons. The fourth-order valence-electron chi connectivity index (χ4n) is 2.91. The van der Waals surface area contributed by atoms with Crippen LogP contribution in [0.3, 0.4) is 0 Å². The van der Waals surface area contributed by atoms with Crippen molar-refractivity contribution in [2.75, 3.05) is 25.5 Å². The summed E-state index contributed by atoms with van der Waals surface area (Å²) in [7, 11) is 0. The number of carbonyl (C=O) groups excluding carboxylic acids is 1. The van der Waals surface area contributed by atoms with Crippen LogP contribution in [0.4, 0.5) is 5.69 Å². The van der Waals surface area contributed by atoms with E-state index in [9.17, 15) is 4.79 Å². The van der Waals surface area contributed by atoms with Gasteiger partial charge in [0, 0.05) is 19.2 Å². The van der Waals surface area contributed by atoms with Gasteiger partial charge in [0.15, 0.2) is 5.75 Å². The number of hydrogen-bond acceptors (Lipinski definition) is 4. The maximum Gasteiger partial charge on any atom is 0.257 e. The van der Waals surface area contributed by atoms with Crippen molar-refractivity contribution in [2.45, 2.75) is 38.6 Å². The number of nitrogens with zero attached hydrogens (tertiary/aromatic N) is 1. The summed E-state index contributed by atoms with van der Waals surface area (Å²) in [5.74, 6) is 0.462. The quantitative estimate of drug-likeness (QED) is 0.787. The molecule has 1 aromatic rings. The average molecular weight is 292 g/mol. The number of rotatable bonds is 6. The highest BCUT2D eigenvalue weighted by molar-refractivity contribution is 5.99. The first kappa shape index (κ1) is 15.6. The molecule has 3 N–H and O–H groups in total. The summed E-state index contributed by atoms with van der Waals surface area (Å²) in [5.41, 5.74) is 6.96. The van der Waals surface area contributed by atoms with Gasteiger partial charge in [-0.2, -0.15) is 0 Å². The molecule has 0 aromatic heterocycles. The normalized spacial score (nSPS) is 18.0. The predicted octanol–water partition coefficient (Wildman–Crippen LogP) is 2.04. The molecule has 1 heterocycles. The van der Waals surface area contributed by atoms with Crippen molar-refractivity contribution < 1.29 is 14.6 Å². The van der Waals surface area contributed by atoms with Crippen LogP contribution in [0, 0.1) is 0 Å². The highest BCUT2D eigenvalue weighted by atomic mass is 16.5. The van der Waals surface area contributed by atoms with Crippen molar-refractivity contribution in [3.8, 4) is 5.75 Å². The largest absolute Gasteiger partial charge is 0.491 e. The molecule has 21 heavy (non-hydrogen) atoms. The Morgan fingerprint density at radius 1 is 1.52 bits per heavy atom. The number of amides is 1. The van der Waals surface area contributed by atoms with Crippen LogP contribution in [0.5, 0.6) is 5.75 Å². The van der Waals surface area contributed by atoms with E-state index in [1.165, 1.54) is 0 Å². The monoisotopic (exact) mass is 292 g/mol. The van der Waals surface area contributed by atoms with Gasteiger partial charge in [-0.3, -0.25) is 4.79 Å². The zero-order valence-corrected chi connectivity index (χ0v) is 12.5. The van der Waals surface area contributed by atoms with Gasteiger partial charge in [0.1, 0.15) is 0 Å². The number of aliphatic hydroxyl groups is 1. The molecule has 1 saturated heterocycles. The minimum absolute atomic E-state index is 0.0220. The van der Waals surface area contributed by atoms with Crippen molar-refractivity contribution >= 4 is 11.6 Å². The van der Waals surface area contributed by atoms with E-state index in [4.69, 9.17) is 15.6 Å². The Labute approximate surface area is 125 Å². The number of hydrogen-bond donors (Lipinski definition) is 2. The molecule has 1 aliphatic rings. The van der Waals surface area contributed by atoms with Crippen molar-refractivity contribution in [1.82, 2.24) is 4.90 Å². The molecule has 1 fully saturated rings. The molecule has 1 amide bonds. The van der Waals surface area contributed by atoms with Gasteiger partial charge in [-0.05, 0) is 44.7 Å². The van der Waals surface area contributed by atoms with Crippen LogP contribution in [0.2, 0.25) is 0 Å². The van der Waals surface area contributed by atoms with E-state index in [1.807, 2.05) is 11.8 Å². The number of ether oxygens (including phenoxy) is 1. The third-order valence-corrected chi connectivity index (χ3v) is 3.90. The zero-order valence-electron chi connectivity index (χ0n) is 12.5. The van der Waals surface area contributed by atoms with Crippen LogP contribution in [-0.2, 0) is 0 Å². The molecule has 1 aromatic carbocycles. The van der Waals surface area contributed by atoms with Gasteiger partial charge in [-0.15, -0.1) is 0 Å². The molecular formula is C16H24N2O3. The maximum atomic E-state index is 12.8. The second-order valence-electron chi connectivity index (χ2n) is 5.32. The topological polar surface area (TPSA) is 75.8 Å². The second kappa shape index (κ2) is 7.31. The third-order valence-electron chi connectivity index (χ3n) is 3.90. The van der Waals surface area contributed by atoms with Gasteiger partial charge >= 0.3 is 0 Å². The van der Waals surface area contributed by atoms with Crippen LogP contribution >= 0.6 is 0 Å². The highest BCUT2D eigenvalue weighted by Crippen LogP contribution is 2.30. The highest BCUT2D eigenvalue weighted by Gasteiger charge is 2.30. The summed E-state index contributed by atoms with van der Waals surface area (Å²) in [4.78, 5) is 14.7. The van der Waals surface area contributed by atoms with Crippen molar-refractivity contribution in [2.24, 2.45) is 0 Å². The fourth-order valence-corrected chi connectivity index (χ4v) is 2.91. The van der Waals surface area contributed by atoms with E-state index < -0.39 is 0 Å². The molecular weight excluding hydrogens is 268 g/mol. The van der Waals surface area contributed by atoms with Crippen molar-refractivity contribution in [3.05, 3.63) is 23.8 Å². The molecule has 5 heteroatoms. The lowest BCUT2D eigenvalue weighted by atomic mass is 10.1. The summed E-state index contributed by atoms with van der Waals surface area (Å²) in [6.45, 7) is 3.28. The minimum atomic E-state index is -0.0220. The molecule has 1 atom stereocenters. The second-order valence-corrected chi connectivity index (χ2v) is 5.32. The van der Waals surface area contributed by atoms with Crippen LogP contribution in [0.1, 0.15) is 43.0 Å². The number of para-hydroxylation sites is 1. The zero-order chi connectivity index (χ0) is 15.2. The molecule has 1 aliphatic heterocycles. The first-order valence-electron chi connectivity index (χ1n) is 7.62. The lowest BCUT2D eigenvalue weighted by Gasteiger charge is -2.25. The maximum absolute atomic E-state index is 12.8. The van der Waals surface area contributed by atoms with E-state index >= 15 is 0 Å². The van der Waals surface area contributed by atoms with E-state index in [-0.39, 0.29) is 18.6 Å². The Morgan fingerprint density at radius 3 is 3.05 bits per heavy atom. The molecule has 1 unspecified atom stereocenters. The number of likely N-dealkylation sites (tertiary alicyclic amines) is 1. The number of benzene rings is 1. The standard InChI is InChI=1S/C16H24N2O3/c1-2-21-15-13(8-3-9-14(15)17)16(20)18-10-4-6-12(18)7-5-11-19/h3,8-9,12,19H,2,4-7,10-11,17H2,1H3. The van der Waals surface area contributed by atoms with Gasteiger partial charge in [-0.1, -0.05) is 6.07 Å². The van der Waals surface area contributed by atoms with E-state index in [0.717, 1.165) is 32.2 Å². The van der Waals surface area contributed by atoms with Crippen molar-refractivity contribution in [1.29, 1.82) is 0 Å². The number of carbonyl (C=O) groups is 1. The Hall–Kier alpha value is -1.75.